The molecule has 3 aliphatic rings. The van der Waals surface area contributed by atoms with Crippen LogP contribution in [0.15, 0.2) is 24.3 Å². The monoisotopic (exact) mass is 385 g/mol. The summed E-state index contributed by atoms with van der Waals surface area (Å²) in [6, 6.07) is 2.36. The summed E-state index contributed by atoms with van der Waals surface area (Å²) in [5, 5.41) is 2.28. The molecule has 28 heavy (non-hydrogen) atoms. The van der Waals surface area contributed by atoms with Crippen molar-refractivity contribution in [1.29, 1.82) is 0 Å². The van der Waals surface area contributed by atoms with E-state index >= 15 is 0 Å². The van der Waals surface area contributed by atoms with E-state index in [9.17, 15) is 18.8 Å². The molecule has 1 aromatic rings. The van der Waals surface area contributed by atoms with E-state index in [0.717, 1.165) is 31.5 Å². The highest BCUT2D eigenvalue weighted by molar-refractivity contribution is 6.05. The minimum Gasteiger partial charge on any atom is -0.369 e. The van der Waals surface area contributed by atoms with E-state index in [-0.39, 0.29) is 24.8 Å². The summed E-state index contributed by atoms with van der Waals surface area (Å²) in [4.78, 5) is 39.7. The minimum absolute atomic E-state index is 0.202. The lowest BCUT2D eigenvalue weighted by molar-refractivity contribution is -0.136. The van der Waals surface area contributed by atoms with Gasteiger partial charge >= 0.3 is 0 Å². The van der Waals surface area contributed by atoms with Crippen molar-refractivity contribution in [2.75, 3.05) is 18.0 Å². The van der Waals surface area contributed by atoms with Gasteiger partial charge in [-0.1, -0.05) is 12.2 Å². The van der Waals surface area contributed by atoms with E-state index in [1.54, 1.807) is 6.07 Å². The molecule has 7 heteroatoms. The number of nitrogens with one attached hydrogen (secondary N) is 1. The van der Waals surface area contributed by atoms with Gasteiger partial charge in [-0.3, -0.25) is 19.7 Å². The molecule has 4 rings (SSSR count). The van der Waals surface area contributed by atoms with Crippen LogP contribution in [0.25, 0.3) is 0 Å². The van der Waals surface area contributed by atoms with Crippen LogP contribution in [0.1, 0.15) is 48.5 Å². The average Bonchev–Trinajstić information content (AvgIpc) is 2.97. The van der Waals surface area contributed by atoms with E-state index in [2.05, 4.69) is 11.9 Å². The van der Waals surface area contributed by atoms with Gasteiger partial charge in [0.1, 0.15) is 11.9 Å². The lowest BCUT2D eigenvalue weighted by atomic mass is 9.90. The van der Waals surface area contributed by atoms with E-state index in [1.807, 2.05) is 11.8 Å². The Morgan fingerprint density at radius 3 is 2.54 bits per heavy atom. The molecule has 1 aromatic carbocycles. The molecule has 3 aliphatic heterocycles. The molecule has 6 nitrogen and oxygen atoms in total. The van der Waals surface area contributed by atoms with E-state index < -0.39 is 17.8 Å². The maximum atomic E-state index is 14.8. The molecule has 0 radical (unpaired) electrons. The van der Waals surface area contributed by atoms with E-state index in [1.165, 1.54) is 16.5 Å². The summed E-state index contributed by atoms with van der Waals surface area (Å²) in [6.07, 6.45) is 2.38. The molecule has 0 aromatic heterocycles. The highest BCUT2D eigenvalue weighted by Crippen LogP contribution is 2.34. The first kappa shape index (κ1) is 18.7. The molecule has 1 unspecified atom stereocenters. The number of allylic oxidation sites excluding steroid dienone is 1. The Morgan fingerprint density at radius 1 is 1.18 bits per heavy atom. The van der Waals surface area contributed by atoms with Crippen LogP contribution < -0.4 is 10.2 Å². The zero-order valence-corrected chi connectivity index (χ0v) is 16.0. The predicted molar refractivity (Wildman–Crippen MR) is 102 cm³/mol. The van der Waals surface area contributed by atoms with Crippen LogP contribution in [-0.4, -0.2) is 41.8 Å². The third kappa shape index (κ3) is 3.19. The quantitative estimate of drug-likeness (QED) is 0.641. The summed E-state index contributed by atoms with van der Waals surface area (Å²) >= 11 is 0. The highest BCUT2D eigenvalue weighted by Gasteiger charge is 2.39. The number of piperidine rings is 2. The molecule has 0 saturated carbocycles. The van der Waals surface area contributed by atoms with Crippen LogP contribution in [0.3, 0.4) is 0 Å². The number of hydrogen-bond donors (Lipinski definition) is 1. The van der Waals surface area contributed by atoms with Crippen molar-refractivity contribution in [3.8, 4) is 0 Å². The fraction of sp³-hybridized carbons (Fsp3) is 0.476. The van der Waals surface area contributed by atoms with Crippen molar-refractivity contribution in [3.05, 3.63) is 41.2 Å². The smallest absolute Gasteiger partial charge is 0.255 e. The maximum absolute atomic E-state index is 14.8. The molecule has 2 saturated heterocycles. The van der Waals surface area contributed by atoms with Gasteiger partial charge in [0.05, 0.1) is 5.69 Å². The van der Waals surface area contributed by atoms with Crippen molar-refractivity contribution in [1.82, 2.24) is 10.2 Å². The molecule has 2 fully saturated rings. The van der Waals surface area contributed by atoms with Crippen LogP contribution in [0.4, 0.5) is 10.1 Å². The van der Waals surface area contributed by atoms with Gasteiger partial charge in [-0.2, -0.15) is 0 Å². The Hall–Kier alpha value is -2.70. The third-order valence-electron chi connectivity index (χ3n) is 6.12. The molecule has 3 heterocycles. The zero-order chi connectivity index (χ0) is 20.0. The number of carbonyl (C=O) groups excluding carboxylic acids is 3. The van der Waals surface area contributed by atoms with Crippen molar-refractivity contribution < 1.29 is 18.8 Å². The largest absolute Gasteiger partial charge is 0.369 e. The van der Waals surface area contributed by atoms with Gasteiger partial charge < -0.3 is 9.80 Å². The molecule has 0 bridgehead atoms. The van der Waals surface area contributed by atoms with Crippen molar-refractivity contribution in [3.63, 3.8) is 0 Å². The molecule has 0 aliphatic carbocycles. The predicted octanol–water partition coefficient (Wildman–Crippen LogP) is 2.38. The SMILES string of the molecule is C=C(C)C1CCN(c2cc3c(cc2F)C(=O)N(C2CCC(=O)NC2=O)C3)CC1. The fourth-order valence-electron chi connectivity index (χ4n) is 4.43. The maximum Gasteiger partial charge on any atom is 0.255 e. The summed E-state index contributed by atoms with van der Waals surface area (Å²) in [7, 11) is 0. The second-order valence-corrected chi connectivity index (χ2v) is 7.97. The van der Waals surface area contributed by atoms with Crippen molar-refractivity contribution >= 4 is 23.4 Å². The normalized spacial score (nSPS) is 23.1. The van der Waals surface area contributed by atoms with Gasteiger partial charge in [-0.15, -0.1) is 0 Å². The van der Waals surface area contributed by atoms with Gasteiger partial charge in [0.25, 0.3) is 5.91 Å². The number of nitrogens with zero attached hydrogens (tertiary/aromatic N) is 2. The van der Waals surface area contributed by atoms with Crippen LogP contribution in [0.2, 0.25) is 0 Å². The molecule has 0 spiro atoms. The fourth-order valence-corrected chi connectivity index (χ4v) is 4.43. The number of hydrogen-bond acceptors (Lipinski definition) is 4. The van der Waals surface area contributed by atoms with E-state index in [0.29, 0.717) is 23.6 Å². The first-order valence-electron chi connectivity index (χ1n) is 9.72. The van der Waals surface area contributed by atoms with Gasteiger partial charge in [-0.25, -0.2) is 4.39 Å². The summed E-state index contributed by atoms with van der Waals surface area (Å²) < 4.78 is 14.8. The number of rotatable bonds is 3. The Kier molecular flexibility index (Phi) is 4.69. The van der Waals surface area contributed by atoms with Crippen LogP contribution in [0, 0.1) is 11.7 Å². The average molecular weight is 385 g/mol. The molecular weight excluding hydrogens is 361 g/mol. The Balaban J connectivity index is 1.54. The van der Waals surface area contributed by atoms with Crippen LogP contribution >= 0.6 is 0 Å². The Labute approximate surface area is 163 Å². The summed E-state index contributed by atoms with van der Waals surface area (Å²) in [6.45, 7) is 7.81. The van der Waals surface area contributed by atoms with Gasteiger partial charge in [-0.05, 0) is 49.8 Å². The lowest BCUT2D eigenvalue weighted by Crippen LogP contribution is -2.52. The molecule has 1 N–H and O–H groups in total. The van der Waals surface area contributed by atoms with E-state index in [4.69, 9.17) is 0 Å². The highest BCUT2D eigenvalue weighted by atomic mass is 19.1. The molecule has 3 amide bonds. The first-order chi connectivity index (χ1) is 13.3. The van der Waals surface area contributed by atoms with Gasteiger partial charge in [0.15, 0.2) is 0 Å². The zero-order valence-electron chi connectivity index (χ0n) is 16.0. The third-order valence-corrected chi connectivity index (χ3v) is 6.12. The number of halogens is 1. The minimum atomic E-state index is -0.685. The molecular formula is C21H24FN3O3. The number of amides is 3. The number of anilines is 1. The Morgan fingerprint density at radius 2 is 1.89 bits per heavy atom. The van der Waals surface area contributed by atoms with Crippen molar-refractivity contribution in [2.45, 2.75) is 45.2 Å². The van der Waals surface area contributed by atoms with Crippen LogP contribution in [-0.2, 0) is 16.1 Å². The topological polar surface area (TPSA) is 69.7 Å². The van der Waals surface area contributed by atoms with Crippen molar-refractivity contribution in [2.24, 2.45) is 5.92 Å². The molecule has 1 atom stereocenters. The summed E-state index contributed by atoms with van der Waals surface area (Å²) in [5.74, 6) is -1.07. The van der Waals surface area contributed by atoms with Gasteiger partial charge in [0.2, 0.25) is 11.8 Å². The summed E-state index contributed by atoms with van der Waals surface area (Å²) in [5.41, 5.74) is 2.72. The number of fused-ring (bicyclic) bond motifs is 1. The molecule has 148 valence electrons. The first-order valence-corrected chi connectivity index (χ1v) is 9.72. The Bertz CT molecular complexity index is 874. The standard InChI is InChI=1S/C21H24FN3O3/c1-12(2)13-5-7-24(8-6-13)18-9-14-11-25(21(28)15(14)10-16(18)22)17-3-4-19(26)23-20(17)27/h9-10,13,17H,1,3-8,11H2,2H3,(H,23,26,27). The lowest BCUT2D eigenvalue weighted by Gasteiger charge is -2.34. The van der Waals surface area contributed by atoms with Crippen LogP contribution in [0.5, 0.6) is 0 Å². The second-order valence-electron chi connectivity index (χ2n) is 7.97. The van der Waals surface area contributed by atoms with Gasteiger partial charge in [0, 0.05) is 31.6 Å². The number of carbonyl (C=O) groups is 3. The second kappa shape index (κ2) is 7.04. The number of imide groups is 1. The number of benzene rings is 1.